The summed E-state index contributed by atoms with van der Waals surface area (Å²) in [5, 5.41) is 0. The molecule has 0 atom stereocenters. The van der Waals surface area contributed by atoms with Gasteiger partial charge in [0, 0.05) is 23.4 Å². The normalized spacial score (nSPS) is 10.5. The van der Waals surface area contributed by atoms with Gasteiger partial charge in [-0.15, -0.1) is 0 Å². The van der Waals surface area contributed by atoms with E-state index in [-0.39, 0.29) is 22.5 Å². The van der Waals surface area contributed by atoms with E-state index in [9.17, 15) is 18.0 Å². The molecule has 2 rings (SSSR count). The molecule has 1 aromatic carbocycles. The van der Waals surface area contributed by atoms with E-state index in [1.54, 1.807) is 0 Å². The Labute approximate surface area is 105 Å². The monoisotopic (exact) mass is 267 g/mol. The Balaban J connectivity index is 2.63. The van der Waals surface area contributed by atoms with E-state index in [0.717, 1.165) is 6.20 Å². The molecule has 7 heteroatoms. The number of anilines is 1. The maximum absolute atomic E-state index is 13.6. The Hall–Kier alpha value is -2.57. The average Bonchev–Trinajstić information content (AvgIpc) is 2.34. The first-order valence-corrected chi connectivity index (χ1v) is 5.10. The molecule has 1 amide bonds. The van der Waals surface area contributed by atoms with Crippen molar-refractivity contribution in [1.29, 1.82) is 0 Å². The van der Waals surface area contributed by atoms with Crippen LogP contribution in [0.2, 0.25) is 0 Å². The lowest BCUT2D eigenvalue weighted by Crippen LogP contribution is -2.14. The summed E-state index contributed by atoms with van der Waals surface area (Å²) in [6, 6.07) is 2.24. The van der Waals surface area contributed by atoms with Crippen LogP contribution < -0.4 is 11.5 Å². The number of pyridine rings is 1. The second-order valence-corrected chi connectivity index (χ2v) is 3.77. The lowest BCUT2D eigenvalue weighted by molar-refractivity contribution is 0.100. The zero-order valence-electron chi connectivity index (χ0n) is 9.45. The summed E-state index contributed by atoms with van der Waals surface area (Å²) in [6.07, 6.45) is 1.14. The van der Waals surface area contributed by atoms with E-state index >= 15 is 0 Å². The third kappa shape index (κ3) is 2.35. The molecule has 2 aromatic rings. The van der Waals surface area contributed by atoms with Gasteiger partial charge in [0.25, 0.3) is 5.91 Å². The van der Waals surface area contributed by atoms with Gasteiger partial charge < -0.3 is 11.5 Å². The Bertz CT molecular complexity index is 674. The highest BCUT2D eigenvalue weighted by molar-refractivity contribution is 5.98. The van der Waals surface area contributed by atoms with Crippen molar-refractivity contribution in [3.8, 4) is 11.1 Å². The van der Waals surface area contributed by atoms with Gasteiger partial charge in [-0.3, -0.25) is 4.79 Å². The maximum Gasteiger partial charge on any atom is 0.252 e. The summed E-state index contributed by atoms with van der Waals surface area (Å²) in [6.45, 7) is 0. The summed E-state index contributed by atoms with van der Waals surface area (Å²) in [7, 11) is 0. The third-order valence-corrected chi connectivity index (χ3v) is 2.50. The first-order valence-electron chi connectivity index (χ1n) is 5.10. The molecule has 98 valence electrons. The van der Waals surface area contributed by atoms with Crippen LogP contribution in [0, 0.1) is 17.5 Å². The van der Waals surface area contributed by atoms with Crippen molar-refractivity contribution in [3.63, 3.8) is 0 Å². The molecular weight excluding hydrogens is 259 g/mol. The van der Waals surface area contributed by atoms with Crippen LogP contribution in [0.3, 0.4) is 0 Å². The number of hydrogen-bond donors (Lipinski definition) is 2. The van der Waals surface area contributed by atoms with Crippen LogP contribution in [0.5, 0.6) is 0 Å². The van der Waals surface area contributed by atoms with Crippen LogP contribution in [-0.2, 0) is 0 Å². The van der Waals surface area contributed by atoms with Crippen molar-refractivity contribution in [2.75, 3.05) is 5.73 Å². The number of nitrogens with two attached hydrogens (primary N) is 2. The molecule has 0 aliphatic rings. The van der Waals surface area contributed by atoms with Gasteiger partial charge in [-0.05, 0) is 12.1 Å². The summed E-state index contributed by atoms with van der Waals surface area (Å²) in [5.41, 5.74) is 10.2. The van der Waals surface area contributed by atoms with Crippen molar-refractivity contribution in [3.05, 3.63) is 47.4 Å². The van der Waals surface area contributed by atoms with Crippen LogP contribution in [-0.4, -0.2) is 10.9 Å². The van der Waals surface area contributed by atoms with Crippen LogP contribution in [0.1, 0.15) is 10.4 Å². The average molecular weight is 267 g/mol. The van der Waals surface area contributed by atoms with Gasteiger partial charge in [0.15, 0.2) is 11.6 Å². The van der Waals surface area contributed by atoms with Crippen molar-refractivity contribution in [2.24, 2.45) is 5.73 Å². The molecule has 0 bridgehead atoms. The number of primary amides is 1. The highest BCUT2D eigenvalue weighted by Crippen LogP contribution is 2.26. The Morgan fingerprint density at radius 2 is 1.68 bits per heavy atom. The molecule has 0 spiro atoms. The van der Waals surface area contributed by atoms with Crippen molar-refractivity contribution in [2.45, 2.75) is 0 Å². The van der Waals surface area contributed by atoms with Crippen LogP contribution in [0.25, 0.3) is 11.1 Å². The molecule has 19 heavy (non-hydrogen) atoms. The second kappa shape index (κ2) is 4.60. The molecule has 0 aliphatic carbocycles. The number of carbonyl (C=O) groups is 1. The third-order valence-electron chi connectivity index (χ3n) is 2.50. The first kappa shape index (κ1) is 12.9. The number of aromatic nitrogens is 1. The smallest absolute Gasteiger partial charge is 0.252 e. The predicted molar refractivity (Wildman–Crippen MR) is 62.5 cm³/mol. The minimum absolute atomic E-state index is 0.0689. The maximum atomic E-state index is 13.6. The first-order chi connectivity index (χ1) is 8.90. The lowest BCUT2D eigenvalue weighted by Gasteiger charge is -2.07. The molecule has 0 saturated heterocycles. The van der Waals surface area contributed by atoms with Crippen molar-refractivity contribution < 1.29 is 18.0 Å². The van der Waals surface area contributed by atoms with E-state index < -0.39 is 23.4 Å². The zero-order valence-corrected chi connectivity index (χ0v) is 9.45. The van der Waals surface area contributed by atoms with E-state index in [1.807, 2.05) is 0 Å². The summed E-state index contributed by atoms with van der Waals surface area (Å²) in [4.78, 5) is 14.7. The number of nitrogen functional groups attached to an aromatic ring is 1. The number of benzene rings is 1. The second-order valence-electron chi connectivity index (χ2n) is 3.77. The van der Waals surface area contributed by atoms with Gasteiger partial charge in [0.05, 0.1) is 5.56 Å². The van der Waals surface area contributed by atoms with Gasteiger partial charge in [0.2, 0.25) is 0 Å². The molecule has 1 heterocycles. The minimum Gasteiger partial charge on any atom is -0.383 e. The number of carbonyl (C=O) groups excluding carboxylic acids is 1. The largest absolute Gasteiger partial charge is 0.383 e. The summed E-state index contributed by atoms with van der Waals surface area (Å²) in [5.74, 6) is -4.48. The summed E-state index contributed by atoms with van der Waals surface area (Å²) >= 11 is 0. The predicted octanol–water partition coefficient (Wildman–Crippen LogP) is 1.85. The van der Waals surface area contributed by atoms with E-state index in [4.69, 9.17) is 11.5 Å². The molecule has 0 saturated carbocycles. The Morgan fingerprint density at radius 3 is 2.32 bits per heavy atom. The van der Waals surface area contributed by atoms with E-state index in [1.165, 1.54) is 6.07 Å². The van der Waals surface area contributed by atoms with Crippen molar-refractivity contribution >= 4 is 11.7 Å². The van der Waals surface area contributed by atoms with E-state index in [0.29, 0.717) is 12.1 Å². The molecule has 4 N–H and O–H groups in total. The molecule has 0 aliphatic heterocycles. The number of hydrogen-bond acceptors (Lipinski definition) is 3. The molecule has 1 aromatic heterocycles. The van der Waals surface area contributed by atoms with Crippen LogP contribution in [0.15, 0.2) is 24.4 Å². The molecule has 0 fully saturated rings. The Morgan fingerprint density at radius 1 is 1.05 bits per heavy atom. The van der Waals surface area contributed by atoms with Gasteiger partial charge in [-0.1, -0.05) is 0 Å². The number of amides is 1. The van der Waals surface area contributed by atoms with Gasteiger partial charge >= 0.3 is 0 Å². The number of nitrogens with zero attached hydrogens (tertiary/aromatic N) is 1. The highest BCUT2D eigenvalue weighted by atomic mass is 19.2. The van der Waals surface area contributed by atoms with Crippen molar-refractivity contribution in [1.82, 2.24) is 4.98 Å². The van der Waals surface area contributed by atoms with Crippen LogP contribution in [0.4, 0.5) is 19.0 Å². The molecule has 0 unspecified atom stereocenters. The fourth-order valence-electron chi connectivity index (χ4n) is 1.56. The quantitative estimate of drug-likeness (QED) is 0.814. The lowest BCUT2D eigenvalue weighted by atomic mass is 10.0. The fourth-order valence-corrected chi connectivity index (χ4v) is 1.56. The van der Waals surface area contributed by atoms with E-state index in [2.05, 4.69) is 4.98 Å². The van der Waals surface area contributed by atoms with Gasteiger partial charge in [-0.25, -0.2) is 18.2 Å². The van der Waals surface area contributed by atoms with Gasteiger partial charge in [-0.2, -0.15) is 0 Å². The Kier molecular flexibility index (Phi) is 3.12. The SMILES string of the molecule is NC(=O)c1cc(-c2cc(F)c(F)cc2F)cnc1N. The van der Waals surface area contributed by atoms with Crippen LogP contribution >= 0.6 is 0 Å². The number of halogens is 3. The standard InChI is InChI=1S/C12H8F3N3O/c13-8-3-10(15)9(14)2-6(8)5-1-7(12(17)19)11(16)18-4-5/h1-4H,(H2,16,18)(H2,17,19). The molecular formula is C12H8F3N3O. The zero-order chi connectivity index (χ0) is 14.2. The van der Waals surface area contributed by atoms with Gasteiger partial charge in [0.1, 0.15) is 11.6 Å². The number of rotatable bonds is 2. The molecule has 4 nitrogen and oxygen atoms in total. The minimum atomic E-state index is -1.31. The topological polar surface area (TPSA) is 82.0 Å². The highest BCUT2D eigenvalue weighted by Gasteiger charge is 2.15. The summed E-state index contributed by atoms with van der Waals surface area (Å²) < 4.78 is 39.5. The molecule has 0 radical (unpaired) electrons. The fraction of sp³-hybridized carbons (Fsp3) is 0.